The first-order valence-corrected chi connectivity index (χ1v) is 9.08. The van der Waals surface area contributed by atoms with E-state index in [0.717, 1.165) is 49.9 Å². The van der Waals surface area contributed by atoms with Gasteiger partial charge in [-0.2, -0.15) is 0 Å². The number of aryl methyl sites for hydroxylation is 2. The molecule has 0 saturated carbocycles. The molecule has 5 nitrogen and oxygen atoms in total. The van der Waals surface area contributed by atoms with Crippen LogP contribution in [0.25, 0.3) is 11.0 Å². The summed E-state index contributed by atoms with van der Waals surface area (Å²) in [6, 6.07) is 8.33. The van der Waals surface area contributed by atoms with E-state index < -0.39 is 0 Å². The number of unbranched alkanes of at least 4 members (excludes halogenated alkanes) is 1. The minimum atomic E-state index is 0.824. The first-order chi connectivity index (χ1) is 11.7. The third-order valence-electron chi connectivity index (χ3n) is 4.19. The van der Waals surface area contributed by atoms with Crippen LogP contribution in [0.5, 0.6) is 0 Å². The number of hydrogen-bond donors (Lipinski definition) is 1. The number of nitrogens with one attached hydrogen (secondary N) is 1. The minimum absolute atomic E-state index is 0.824. The van der Waals surface area contributed by atoms with E-state index in [2.05, 4.69) is 65.8 Å². The van der Waals surface area contributed by atoms with Crippen molar-refractivity contribution in [3.63, 3.8) is 0 Å². The summed E-state index contributed by atoms with van der Waals surface area (Å²) in [6.45, 7) is 10.1. The Labute approximate surface area is 145 Å². The number of imidazole rings is 1. The van der Waals surface area contributed by atoms with Crippen molar-refractivity contribution in [3.8, 4) is 0 Å². The Morgan fingerprint density at radius 2 is 2.04 bits per heavy atom. The fourth-order valence-electron chi connectivity index (χ4n) is 2.86. The van der Waals surface area contributed by atoms with E-state index in [0.29, 0.717) is 0 Å². The number of hydrogen-bond acceptors (Lipinski definition) is 2. The highest BCUT2D eigenvalue weighted by Crippen LogP contribution is 2.15. The summed E-state index contributed by atoms with van der Waals surface area (Å²) in [7, 11) is 2.12. The Morgan fingerprint density at radius 3 is 2.79 bits per heavy atom. The average molecular weight is 329 g/mol. The third-order valence-corrected chi connectivity index (χ3v) is 4.19. The monoisotopic (exact) mass is 329 g/mol. The van der Waals surface area contributed by atoms with Crippen molar-refractivity contribution >= 4 is 17.0 Å². The van der Waals surface area contributed by atoms with E-state index in [1.807, 2.05) is 6.07 Å². The number of guanidine groups is 1. The maximum Gasteiger partial charge on any atom is 0.193 e. The van der Waals surface area contributed by atoms with Crippen LogP contribution in [0, 0.1) is 6.92 Å². The molecular formula is C19H31N5. The van der Waals surface area contributed by atoms with Gasteiger partial charge in [-0.05, 0) is 38.8 Å². The van der Waals surface area contributed by atoms with Crippen molar-refractivity contribution in [3.05, 3.63) is 30.1 Å². The van der Waals surface area contributed by atoms with Crippen molar-refractivity contribution in [2.75, 3.05) is 26.7 Å². The maximum absolute atomic E-state index is 4.77. The van der Waals surface area contributed by atoms with Gasteiger partial charge in [-0.15, -0.1) is 0 Å². The summed E-state index contributed by atoms with van der Waals surface area (Å²) < 4.78 is 2.29. The van der Waals surface area contributed by atoms with E-state index in [4.69, 9.17) is 4.99 Å². The van der Waals surface area contributed by atoms with Crippen LogP contribution in [-0.2, 0) is 6.54 Å². The van der Waals surface area contributed by atoms with Crippen molar-refractivity contribution in [2.24, 2.45) is 4.99 Å². The Hall–Kier alpha value is -2.04. The third kappa shape index (κ3) is 4.73. The molecule has 2 rings (SSSR count). The first-order valence-electron chi connectivity index (χ1n) is 9.08. The standard InChI is InChI=1S/C19H31N5/c1-5-7-14-23(4)19(20-6-2)21-13-10-15-24-16(3)22-17-11-8-9-12-18(17)24/h8-9,11-12H,5-7,10,13-15H2,1-4H3,(H,20,21). The van der Waals surface area contributed by atoms with Gasteiger partial charge in [0.2, 0.25) is 0 Å². The molecule has 0 atom stereocenters. The fraction of sp³-hybridized carbons (Fsp3) is 0.579. The van der Waals surface area contributed by atoms with Crippen molar-refractivity contribution in [2.45, 2.75) is 46.6 Å². The largest absolute Gasteiger partial charge is 0.357 e. The van der Waals surface area contributed by atoms with Crippen LogP contribution < -0.4 is 5.32 Å². The van der Waals surface area contributed by atoms with E-state index in [1.54, 1.807) is 0 Å². The number of para-hydroxylation sites is 2. The number of aromatic nitrogens is 2. The topological polar surface area (TPSA) is 45.5 Å². The summed E-state index contributed by atoms with van der Waals surface area (Å²) in [5, 5.41) is 3.38. The molecule has 1 aromatic heterocycles. The lowest BCUT2D eigenvalue weighted by molar-refractivity contribution is 0.464. The summed E-state index contributed by atoms with van der Waals surface area (Å²) in [5.41, 5.74) is 2.29. The van der Waals surface area contributed by atoms with Crippen LogP contribution >= 0.6 is 0 Å². The quantitative estimate of drug-likeness (QED) is 0.458. The Kier molecular flexibility index (Phi) is 7.09. The van der Waals surface area contributed by atoms with E-state index >= 15 is 0 Å². The molecule has 0 bridgehead atoms. The van der Waals surface area contributed by atoms with Gasteiger partial charge in [0.1, 0.15) is 5.82 Å². The fourth-order valence-corrected chi connectivity index (χ4v) is 2.86. The van der Waals surface area contributed by atoms with Crippen molar-refractivity contribution in [1.29, 1.82) is 0 Å². The molecule has 1 heterocycles. The molecule has 1 N–H and O–H groups in total. The lowest BCUT2D eigenvalue weighted by atomic mass is 10.3. The lowest BCUT2D eigenvalue weighted by Crippen LogP contribution is -2.39. The van der Waals surface area contributed by atoms with Crippen LogP contribution in [0.3, 0.4) is 0 Å². The molecule has 1 aromatic carbocycles. The highest BCUT2D eigenvalue weighted by atomic mass is 15.3. The maximum atomic E-state index is 4.77. The lowest BCUT2D eigenvalue weighted by Gasteiger charge is -2.21. The molecule has 0 unspecified atom stereocenters. The molecule has 24 heavy (non-hydrogen) atoms. The van der Waals surface area contributed by atoms with Gasteiger partial charge >= 0.3 is 0 Å². The predicted octanol–water partition coefficient (Wildman–Crippen LogP) is 3.43. The number of aliphatic imine (C=N–C) groups is 1. The normalized spacial score (nSPS) is 11.9. The highest BCUT2D eigenvalue weighted by molar-refractivity contribution is 5.79. The molecule has 0 aliphatic rings. The number of benzene rings is 1. The Morgan fingerprint density at radius 1 is 1.25 bits per heavy atom. The summed E-state index contributed by atoms with van der Waals surface area (Å²) in [6.07, 6.45) is 3.41. The first kappa shape index (κ1) is 18.3. The molecular weight excluding hydrogens is 298 g/mol. The Bertz CT molecular complexity index is 659. The van der Waals surface area contributed by atoms with E-state index in [9.17, 15) is 0 Å². The number of nitrogens with zero attached hydrogens (tertiary/aromatic N) is 4. The second kappa shape index (κ2) is 9.30. The predicted molar refractivity (Wildman–Crippen MR) is 103 cm³/mol. The molecule has 0 aliphatic heterocycles. The summed E-state index contributed by atoms with van der Waals surface area (Å²) >= 11 is 0. The summed E-state index contributed by atoms with van der Waals surface area (Å²) in [5.74, 6) is 2.09. The van der Waals surface area contributed by atoms with Gasteiger partial charge < -0.3 is 14.8 Å². The van der Waals surface area contributed by atoms with Gasteiger partial charge in [-0.25, -0.2) is 4.98 Å². The zero-order valence-corrected chi connectivity index (χ0v) is 15.5. The number of fused-ring (bicyclic) bond motifs is 1. The van der Waals surface area contributed by atoms with Crippen LogP contribution in [0.1, 0.15) is 38.9 Å². The van der Waals surface area contributed by atoms with Gasteiger partial charge in [0.05, 0.1) is 11.0 Å². The van der Waals surface area contributed by atoms with Crippen molar-refractivity contribution < 1.29 is 0 Å². The summed E-state index contributed by atoms with van der Waals surface area (Å²) in [4.78, 5) is 11.6. The molecule has 0 aliphatic carbocycles. The van der Waals surface area contributed by atoms with Gasteiger partial charge in [0.15, 0.2) is 5.96 Å². The molecule has 0 saturated heterocycles. The van der Waals surface area contributed by atoms with E-state index in [-0.39, 0.29) is 0 Å². The van der Waals surface area contributed by atoms with Gasteiger partial charge in [-0.3, -0.25) is 4.99 Å². The second-order valence-corrected chi connectivity index (χ2v) is 6.16. The van der Waals surface area contributed by atoms with Crippen LogP contribution in [-0.4, -0.2) is 47.1 Å². The SMILES string of the molecule is CCCCN(C)C(=NCCCn1c(C)nc2ccccc21)NCC. The van der Waals surface area contributed by atoms with Gasteiger partial charge in [0.25, 0.3) is 0 Å². The Balaban J connectivity index is 1.94. The van der Waals surface area contributed by atoms with E-state index in [1.165, 1.54) is 18.4 Å². The number of rotatable bonds is 8. The van der Waals surface area contributed by atoms with Gasteiger partial charge in [0, 0.05) is 33.2 Å². The molecule has 0 spiro atoms. The molecule has 5 heteroatoms. The molecule has 0 radical (unpaired) electrons. The zero-order valence-electron chi connectivity index (χ0n) is 15.5. The van der Waals surface area contributed by atoms with Crippen LogP contribution in [0.15, 0.2) is 29.3 Å². The molecule has 0 amide bonds. The average Bonchev–Trinajstić information content (AvgIpc) is 2.91. The molecule has 132 valence electrons. The van der Waals surface area contributed by atoms with Crippen molar-refractivity contribution in [1.82, 2.24) is 19.8 Å². The zero-order chi connectivity index (χ0) is 17.4. The molecule has 2 aromatic rings. The second-order valence-electron chi connectivity index (χ2n) is 6.16. The van der Waals surface area contributed by atoms with Crippen LogP contribution in [0.2, 0.25) is 0 Å². The molecule has 0 fully saturated rings. The van der Waals surface area contributed by atoms with Gasteiger partial charge in [-0.1, -0.05) is 25.5 Å². The van der Waals surface area contributed by atoms with Crippen LogP contribution in [0.4, 0.5) is 0 Å². The minimum Gasteiger partial charge on any atom is -0.357 e. The smallest absolute Gasteiger partial charge is 0.193 e. The highest BCUT2D eigenvalue weighted by Gasteiger charge is 2.07.